The molecule has 0 radical (unpaired) electrons. The van der Waals surface area contributed by atoms with Crippen LogP contribution in [-0.2, 0) is 4.79 Å². The van der Waals surface area contributed by atoms with E-state index in [0.29, 0.717) is 23.7 Å². The second kappa shape index (κ2) is 9.28. The van der Waals surface area contributed by atoms with Crippen LogP contribution in [0.15, 0.2) is 42.6 Å². The molecule has 1 aliphatic carbocycles. The number of nitrogens with zero attached hydrogens (tertiary/aromatic N) is 2. The Morgan fingerprint density at radius 3 is 2.40 bits per heavy atom. The predicted molar refractivity (Wildman–Crippen MR) is 119 cm³/mol. The second-order valence-corrected chi connectivity index (χ2v) is 8.50. The fourth-order valence-electron chi connectivity index (χ4n) is 4.61. The first kappa shape index (κ1) is 20.4. The molecule has 6 heteroatoms. The topological polar surface area (TPSA) is 88.3 Å². The zero-order valence-corrected chi connectivity index (χ0v) is 17.3. The van der Waals surface area contributed by atoms with Crippen LogP contribution in [0.2, 0.25) is 0 Å². The van der Waals surface area contributed by atoms with Crippen LogP contribution in [-0.4, -0.2) is 29.9 Å². The number of primary amides is 1. The quantitative estimate of drug-likeness (QED) is 0.783. The Morgan fingerprint density at radius 1 is 0.967 bits per heavy atom. The first-order valence-corrected chi connectivity index (χ1v) is 11.0. The van der Waals surface area contributed by atoms with Gasteiger partial charge in [-0.05, 0) is 61.4 Å². The van der Waals surface area contributed by atoms with E-state index in [1.807, 2.05) is 24.3 Å². The lowest BCUT2D eigenvalue weighted by Gasteiger charge is -2.32. The first-order chi connectivity index (χ1) is 14.6. The van der Waals surface area contributed by atoms with E-state index in [4.69, 9.17) is 5.73 Å². The molecule has 1 unspecified atom stereocenters. The van der Waals surface area contributed by atoms with Crippen molar-refractivity contribution < 1.29 is 9.59 Å². The summed E-state index contributed by atoms with van der Waals surface area (Å²) in [5, 5.41) is 2.92. The maximum Gasteiger partial charge on any atom is 0.255 e. The molecule has 6 nitrogen and oxygen atoms in total. The number of hydrogen-bond acceptors (Lipinski definition) is 4. The van der Waals surface area contributed by atoms with Crippen molar-refractivity contribution in [2.75, 3.05) is 23.3 Å². The molecule has 2 amide bonds. The van der Waals surface area contributed by atoms with Crippen LogP contribution < -0.4 is 16.0 Å². The summed E-state index contributed by atoms with van der Waals surface area (Å²) in [6.07, 6.45) is 9.86. The normalized spacial score (nSPS) is 20.0. The molecule has 2 aromatic rings. The van der Waals surface area contributed by atoms with Crippen molar-refractivity contribution in [1.82, 2.24) is 4.98 Å². The number of amides is 2. The van der Waals surface area contributed by atoms with Crippen molar-refractivity contribution in [3.8, 4) is 0 Å². The summed E-state index contributed by atoms with van der Waals surface area (Å²) in [5.74, 6) is 0.924. The molecule has 1 atom stereocenters. The molecule has 1 aromatic carbocycles. The molecule has 1 aliphatic heterocycles. The Morgan fingerprint density at radius 2 is 1.73 bits per heavy atom. The van der Waals surface area contributed by atoms with Crippen molar-refractivity contribution in [2.45, 2.75) is 50.9 Å². The number of nitrogens with two attached hydrogens (primary N) is 1. The average molecular weight is 407 g/mol. The number of carbonyl (C=O) groups excluding carboxylic acids is 2. The highest BCUT2D eigenvalue weighted by atomic mass is 16.2. The van der Waals surface area contributed by atoms with E-state index in [0.717, 1.165) is 25.2 Å². The van der Waals surface area contributed by atoms with Crippen molar-refractivity contribution in [3.05, 3.63) is 53.7 Å². The summed E-state index contributed by atoms with van der Waals surface area (Å²) < 4.78 is 0. The van der Waals surface area contributed by atoms with Gasteiger partial charge in [0.05, 0.1) is 17.8 Å². The monoisotopic (exact) mass is 406 g/mol. The fraction of sp³-hybridized carbons (Fsp3) is 0.458. The van der Waals surface area contributed by atoms with Crippen LogP contribution in [0.3, 0.4) is 0 Å². The number of nitrogens with one attached hydrogen (secondary N) is 1. The van der Waals surface area contributed by atoms with Gasteiger partial charge in [0, 0.05) is 18.7 Å². The zero-order chi connectivity index (χ0) is 20.9. The smallest absolute Gasteiger partial charge is 0.255 e. The number of carbonyl (C=O) groups is 2. The lowest BCUT2D eigenvalue weighted by Crippen LogP contribution is -2.41. The van der Waals surface area contributed by atoms with Gasteiger partial charge in [0.25, 0.3) is 5.91 Å². The van der Waals surface area contributed by atoms with Gasteiger partial charge < -0.3 is 16.0 Å². The van der Waals surface area contributed by atoms with Gasteiger partial charge in [-0.3, -0.25) is 9.59 Å². The molecule has 1 aromatic heterocycles. The van der Waals surface area contributed by atoms with Crippen LogP contribution in [0.25, 0.3) is 0 Å². The summed E-state index contributed by atoms with van der Waals surface area (Å²) in [6.45, 7) is 1.46. The number of piperidine rings is 1. The highest BCUT2D eigenvalue weighted by Crippen LogP contribution is 2.32. The van der Waals surface area contributed by atoms with Gasteiger partial charge in [-0.15, -0.1) is 0 Å². The molecule has 2 heterocycles. The minimum Gasteiger partial charge on any atom is -0.369 e. The van der Waals surface area contributed by atoms with Crippen LogP contribution in [0.5, 0.6) is 0 Å². The highest BCUT2D eigenvalue weighted by molar-refractivity contribution is 6.04. The molecule has 0 spiro atoms. The Bertz CT molecular complexity index is 873. The Kier molecular flexibility index (Phi) is 6.31. The summed E-state index contributed by atoms with van der Waals surface area (Å²) in [5.41, 5.74) is 8.11. The van der Waals surface area contributed by atoms with Crippen LogP contribution in [0.4, 0.5) is 11.5 Å². The second-order valence-electron chi connectivity index (χ2n) is 8.50. The summed E-state index contributed by atoms with van der Waals surface area (Å²) >= 11 is 0. The van der Waals surface area contributed by atoms with Gasteiger partial charge >= 0.3 is 0 Å². The van der Waals surface area contributed by atoms with Crippen molar-refractivity contribution in [1.29, 1.82) is 0 Å². The molecule has 158 valence electrons. The standard InChI is InChI=1S/C24H30N4O2/c25-23(29)20-7-4-14-28(16-20)22-13-12-21(15-26-22)27-24(30)19-10-8-18(9-11-19)17-5-2-1-3-6-17/h8-13,15,17,20H,1-7,14,16H2,(H2,25,29)(H,27,30). The van der Waals surface area contributed by atoms with E-state index in [9.17, 15) is 9.59 Å². The van der Waals surface area contributed by atoms with Gasteiger partial charge in [-0.25, -0.2) is 4.98 Å². The molecule has 2 aliphatic rings. The van der Waals surface area contributed by atoms with Gasteiger partial charge in [0.15, 0.2) is 0 Å². The van der Waals surface area contributed by atoms with E-state index < -0.39 is 0 Å². The number of anilines is 2. The molecule has 0 bridgehead atoms. The van der Waals surface area contributed by atoms with Gasteiger partial charge in [-0.1, -0.05) is 31.4 Å². The lowest BCUT2D eigenvalue weighted by molar-refractivity contribution is -0.122. The molecule has 1 saturated carbocycles. The molecule has 2 fully saturated rings. The average Bonchev–Trinajstić information content (AvgIpc) is 2.80. The van der Waals surface area contributed by atoms with Crippen LogP contribution in [0, 0.1) is 5.92 Å². The summed E-state index contributed by atoms with van der Waals surface area (Å²) in [4.78, 5) is 30.6. The number of hydrogen-bond donors (Lipinski definition) is 2. The fourth-order valence-corrected chi connectivity index (χ4v) is 4.61. The minimum atomic E-state index is -0.252. The van der Waals surface area contributed by atoms with Gasteiger partial charge in [-0.2, -0.15) is 0 Å². The summed E-state index contributed by atoms with van der Waals surface area (Å²) in [7, 11) is 0. The number of aromatic nitrogens is 1. The number of pyridine rings is 1. The van der Waals surface area contributed by atoms with Crippen molar-refractivity contribution in [2.24, 2.45) is 11.7 Å². The van der Waals surface area contributed by atoms with E-state index in [1.54, 1.807) is 6.20 Å². The maximum atomic E-state index is 12.6. The lowest BCUT2D eigenvalue weighted by atomic mass is 9.84. The zero-order valence-electron chi connectivity index (χ0n) is 17.3. The van der Waals surface area contributed by atoms with Gasteiger partial charge in [0.2, 0.25) is 5.91 Å². The van der Waals surface area contributed by atoms with Crippen LogP contribution in [0.1, 0.15) is 66.8 Å². The molecule has 3 N–H and O–H groups in total. The molecular formula is C24H30N4O2. The molecular weight excluding hydrogens is 376 g/mol. The highest BCUT2D eigenvalue weighted by Gasteiger charge is 2.24. The molecule has 30 heavy (non-hydrogen) atoms. The Balaban J connectivity index is 1.36. The molecule has 1 saturated heterocycles. The van der Waals surface area contributed by atoms with Gasteiger partial charge in [0.1, 0.15) is 5.82 Å². The van der Waals surface area contributed by atoms with E-state index in [1.165, 1.54) is 37.7 Å². The number of benzene rings is 1. The van der Waals surface area contributed by atoms with E-state index in [-0.39, 0.29) is 17.7 Å². The van der Waals surface area contributed by atoms with E-state index >= 15 is 0 Å². The van der Waals surface area contributed by atoms with Crippen molar-refractivity contribution >= 4 is 23.3 Å². The third-order valence-electron chi connectivity index (χ3n) is 6.40. The van der Waals surface area contributed by atoms with Crippen LogP contribution >= 0.6 is 0 Å². The minimum absolute atomic E-state index is 0.128. The summed E-state index contributed by atoms with van der Waals surface area (Å²) in [6, 6.07) is 11.8. The third-order valence-corrected chi connectivity index (χ3v) is 6.40. The number of rotatable bonds is 5. The predicted octanol–water partition coefficient (Wildman–Crippen LogP) is 4.08. The Labute approximate surface area is 177 Å². The Hall–Kier alpha value is -2.89. The molecule has 4 rings (SSSR count). The third kappa shape index (κ3) is 4.81. The SMILES string of the molecule is NC(=O)C1CCCN(c2ccc(NC(=O)c3ccc(C4CCCCC4)cc3)cn2)C1. The largest absolute Gasteiger partial charge is 0.369 e. The van der Waals surface area contributed by atoms with E-state index in [2.05, 4.69) is 27.3 Å². The maximum absolute atomic E-state index is 12.6. The van der Waals surface area contributed by atoms with Crippen molar-refractivity contribution in [3.63, 3.8) is 0 Å². The first-order valence-electron chi connectivity index (χ1n) is 11.0.